The van der Waals surface area contributed by atoms with Gasteiger partial charge in [-0.3, -0.25) is 4.79 Å². The van der Waals surface area contributed by atoms with Crippen LogP contribution in [-0.2, 0) is 6.42 Å². The van der Waals surface area contributed by atoms with Crippen molar-refractivity contribution in [1.82, 2.24) is 14.9 Å². The minimum atomic E-state index is 0.0639. The number of aromatic amines is 1. The molecule has 2 aromatic heterocycles. The molecule has 0 bridgehead atoms. The highest BCUT2D eigenvalue weighted by molar-refractivity contribution is 5.94. The van der Waals surface area contributed by atoms with Gasteiger partial charge in [0.1, 0.15) is 0 Å². The van der Waals surface area contributed by atoms with Crippen molar-refractivity contribution in [3.63, 3.8) is 0 Å². The number of fused-ring (bicyclic) bond motifs is 1. The Morgan fingerprint density at radius 3 is 2.82 bits per heavy atom. The lowest BCUT2D eigenvalue weighted by Crippen LogP contribution is -2.37. The molecule has 1 aromatic carbocycles. The number of rotatable bonds is 5. The van der Waals surface area contributed by atoms with Gasteiger partial charge in [0.25, 0.3) is 5.91 Å². The van der Waals surface area contributed by atoms with Crippen molar-refractivity contribution in [3.05, 3.63) is 59.4 Å². The molecule has 1 fully saturated rings. The first-order valence-corrected chi connectivity index (χ1v) is 10.2. The molecule has 4 rings (SSSR count). The second-order valence-corrected chi connectivity index (χ2v) is 7.32. The Labute approximate surface area is 165 Å². The third-order valence-electron chi connectivity index (χ3n) is 5.71. The summed E-state index contributed by atoms with van der Waals surface area (Å²) in [7, 11) is 0. The summed E-state index contributed by atoms with van der Waals surface area (Å²) in [5, 5.41) is 1.33. The van der Waals surface area contributed by atoms with E-state index in [9.17, 15) is 4.79 Å². The Balaban J connectivity index is 1.46. The lowest BCUT2D eigenvalue weighted by molar-refractivity contribution is 0.0712. The van der Waals surface area contributed by atoms with Gasteiger partial charge in [0, 0.05) is 48.0 Å². The number of hydrogen-bond donors (Lipinski definition) is 1. The molecule has 1 aliphatic rings. The molecule has 1 aliphatic heterocycles. The van der Waals surface area contributed by atoms with E-state index < -0.39 is 0 Å². The quantitative estimate of drug-likeness (QED) is 0.710. The van der Waals surface area contributed by atoms with Gasteiger partial charge in [0.05, 0.1) is 6.61 Å². The standard InChI is InChI=1S/C23H27N3O2/c1-3-16-6-5-7-19-20(15-25-22(16)19)17-9-12-26(13-10-17)23(27)18-8-11-24-21(14-18)28-4-2/h5-8,11,14-15,17,25H,3-4,9-10,12-13H2,1-2H3. The first kappa shape index (κ1) is 18.5. The number of benzene rings is 1. The first-order chi connectivity index (χ1) is 13.7. The van der Waals surface area contributed by atoms with Crippen molar-refractivity contribution in [2.75, 3.05) is 19.7 Å². The monoisotopic (exact) mass is 377 g/mol. The fourth-order valence-electron chi connectivity index (χ4n) is 4.22. The minimum absolute atomic E-state index is 0.0639. The second-order valence-electron chi connectivity index (χ2n) is 7.32. The number of likely N-dealkylation sites (tertiary alicyclic amines) is 1. The van der Waals surface area contributed by atoms with Crippen LogP contribution in [0.4, 0.5) is 0 Å². The number of nitrogens with one attached hydrogen (secondary N) is 1. The van der Waals surface area contributed by atoms with E-state index in [1.54, 1.807) is 18.3 Å². The smallest absolute Gasteiger partial charge is 0.254 e. The normalized spacial score (nSPS) is 15.1. The lowest BCUT2D eigenvalue weighted by atomic mass is 9.88. The number of ether oxygens (including phenoxy) is 1. The van der Waals surface area contributed by atoms with Crippen LogP contribution in [0.5, 0.6) is 5.88 Å². The summed E-state index contributed by atoms with van der Waals surface area (Å²) < 4.78 is 5.42. The molecule has 3 heterocycles. The number of aromatic nitrogens is 2. The average molecular weight is 377 g/mol. The number of nitrogens with zero attached hydrogens (tertiary/aromatic N) is 2. The van der Waals surface area contributed by atoms with Gasteiger partial charge in [-0.25, -0.2) is 4.98 Å². The SMILES string of the molecule is CCOc1cc(C(=O)N2CCC(c3c[nH]c4c(CC)cccc34)CC2)ccn1. The number of carbonyl (C=O) groups excluding carboxylic acids is 1. The summed E-state index contributed by atoms with van der Waals surface area (Å²) in [5.41, 5.74) is 4.66. The maximum absolute atomic E-state index is 12.9. The number of amides is 1. The van der Waals surface area contributed by atoms with Gasteiger partial charge in [0.15, 0.2) is 0 Å². The molecule has 0 radical (unpaired) electrons. The van der Waals surface area contributed by atoms with Gasteiger partial charge in [-0.1, -0.05) is 25.1 Å². The predicted octanol–water partition coefficient (Wildman–Crippen LogP) is 4.54. The lowest BCUT2D eigenvalue weighted by Gasteiger charge is -2.32. The molecule has 0 unspecified atom stereocenters. The van der Waals surface area contributed by atoms with Crippen LogP contribution in [0.1, 0.15) is 54.1 Å². The summed E-state index contributed by atoms with van der Waals surface area (Å²) in [4.78, 5) is 22.5. The Morgan fingerprint density at radius 2 is 2.07 bits per heavy atom. The van der Waals surface area contributed by atoms with Crippen molar-refractivity contribution in [1.29, 1.82) is 0 Å². The third-order valence-corrected chi connectivity index (χ3v) is 5.71. The van der Waals surface area contributed by atoms with Crippen molar-refractivity contribution >= 4 is 16.8 Å². The van der Waals surface area contributed by atoms with Gasteiger partial charge in [0.2, 0.25) is 5.88 Å². The Kier molecular flexibility index (Phi) is 5.33. The summed E-state index contributed by atoms with van der Waals surface area (Å²) in [6.07, 6.45) is 6.81. The van der Waals surface area contributed by atoms with E-state index in [4.69, 9.17) is 4.74 Å². The maximum atomic E-state index is 12.9. The Bertz CT molecular complexity index is 971. The van der Waals surface area contributed by atoms with Crippen LogP contribution in [0, 0.1) is 0 Å². The van der Waals surface area contributed by atoms with E-state index in [0.29, 0.717) is 24.0 Å². The molecule has 5 heteroatoms. The van der Waals surface area contributed by atoms with Crippen LogP contribution >= 0.6 is 0 Å². The van der Waals surface area contributed by atoms with E-state index >= 15 is 0 Å². The molecular weight excluding hydrogens is 350 g/mol. The van der Waals surface area contributed by atoms with Crippen LogP contribution < -0.4 is 4.74 Å². The predicted molar refractivity (Wildman–Crippen MR) is 111 cm³/mol. The molecule has 1 saturated heterocycles. The molecular formula is C23H27N3O2. The molecule has 5 nitrogen and oxygen atoms in total. The highest BCUT2D eigenvalue weighted by atomic mass is 16.5. The van der Waals surface area contributed by atoms with Gasteiger partial charge < -0.3 is 14.6 Å². The largest absolute Gasteiger partial charge is 0.478 e. The first-order valence-electron chi connectivity index (χ1n) is 10.2. The van der Waals surface area contributed by atoms with Crippen LogP contribution in [0.3, 0.4) is 0 Å². The number of carbonyl (C=O) groups is 1. The van der Waals surface area contributed by atoms with Crippen molar-refractivity contribution < 1.29 is 9.53 Å². The van der Waals surface area contributed by atoms with Gasteiger partial charge in [-0.05, 0) is 49.3 Å². The van der Waals surface area contributed by atoms with E-state index in [-0.39, 0.29) is 5.91 Å². The van der Waals surface area contributed by atoms with E-state index in [2.05, 4.69) is 41.3 Å². The van der Waals surface area contributed by atoms with Gasteiger partial charge in [-0.2, -0.15) is 0 Å². The van der Waals surface area contributed by atoms with Crippen molar-refractivity contribution in [3.8, 4) is 5.88 Å². The summed E-state index contributed by atoms with van der Waals surface area (Å²) in [5.74, 6) is 1.06. The highest BCUT2D eigenvalue weighted by Gasteiger charge is 2.26. The minimum Gasteiger partial charge on any atom is -0.478 e. The fraction of sp³-hybridized carbons (Fsp3) is 0.391. The third kappa shape index (κ3) is 3.49. The molecule has 3 aromatic rings. The molecule has 28 heavy (non-hydrogen) atoms. The van der Waals surface area contributed by atoms with Gasteiger partial charge in [-0.15, -0.1) is 0 Å². The van der Waals surface area contributed by atoms with E-state index in [1.165, 1.54) is 22.0 Å². The topological polar surface area (TPSA) is 58.2 Å². The van der Waals surface area contributed by atoms with Crippen molar-refractivity contribution in [2.45, 2.75) is 39.0 Å². The van der Waals surface area contributed by atoms with Crippen LogP contribution in [-0.4, -0.2) is 40.5 Å². The summed E-state index contributed by atoms with van der Waals surface area (Å²) in [6.45, 7) is 6.19. The van der Waals surface area contributed by atoms with Crippen molar-refractivity contribution in [2.24, 2.45) is 0 Å². The zero-order chi connectivity index (χ0) is 19.5. The fourth-order valence-corrected chi connectivity index (χ4v) is 4.22. The summed E-state index contributed by atoms with van der Waals surface area (Å²) in [6, 6.07) is 10.1. The zero-order valence-electron chi connectivity index (χ0n) is 16.6. The Hall–Kier alpha value is -2.82. The number of aryl methyl sites for hydroxylation is 1. The van der Waals surface area contributed by atoms with E-state index in [0.717, 1.165) is 32.4 Å². The molecule has 0 atom stereocenters. The highest BCUT2D eigenvalue weighted by Crippen LogP contribution is 2.34. The zero-order valence-corrected chi connectivity index (χ0v) is 16.6. The average Bonchev–Trinajstić information content (AvgIpc) is 3.18. The Morgan fingerprint density at radius 1 is 1.25 bits per heavy atom. The van der Waals surface area contributed by atoms with Gasteiger partial charge >= 0.3 is 0 Å². The van der Waals surface area contributed by atoms with E-state index in [1.807, 2.05) is 11.8 Å². The second kappa shape index (κ2) is 8.05. The molecule has 1 amide bonds. The number of piperidine rings is 1. The molecule has 146 valence electrons. The molecule has 0 spiro atoms. The number of H-pyrrole nitrogens is 1. The number of hydrogen-bond acceptors (Lipinski definition) is 3. The van der Waals surface area contributed by atoms with Crippen LogP contribution in [0.25, 0.3) is 10.9 Å². The summed E-state index contributed by atoms with van der Waals surface area (Å²) >= 11 is 0. The number of para-hydroxylation sites is 1. The molecule has 0 saturated carbocycles. The molecule has 0 aliphatic carbocycles. The molecule has 1 N–H and O–H groups in total. The maximum Gasteiger partial charge on any atom is 0.254 e. The van der Waals surface area contributed by atoms with Crippen LogP contribution in [0.2, 0.25) is 0 Å². The van der Waals surface area contributed by atoms with Crippen LogP contribution in [0.15, 0.2) is 42.7 Å². The number of pyridine rings is 1.